The van der Waals surface area contributed by atoms with Crippen molar-refractivity contribution < 1.29 is 22.7 Å². The number of carbonyl (C=O) groups excluding carboxylic acids is 1. The number of fused-ring (bicyclic) bond motifs is 2. The maximum atomic E-state index is 12.9. The predicted molar refractivity (Wildman–Crippen MR) is 118 cm³/mol. The minimum atomic E-state index is -3.50. The van der Waals surface area contributed by atoms with Crippen molar-refractivity contribution in [2.24, 2.45) is 4.99 Å². The molecule has 0 bridgehead atoms. The third-order valence-electron chi connectivity index (χ3n) is 4.82. The van der Waals surface area contributed by atoms with E-state index in [1.807, 2.05) is 12.1 Å². The number of rotatable bonds is 4. The Hall–Kier alpha value is -3.09. The Morgan fingerprint density at radius 2 is 1.94 bits per heavy atom. The highest BCUT2D eigenvalue weighted by Gasteiger charge is 2.21. The molecule has 9 heteroatoms. The van der Waals surface area contributed by atoms with Gasteiger partial charge in [-0.05, 0) is 32.0 Å². The van der Waals surface area contributed by atoms with Crippen molar-refractivity contribution in [2.75, 3.05) is 13.2 Å². The Bertz CT molecular complexity index is 1390. The summed E-state index contributed by atoms with van der Waals surface area (Å²) in [6, 6.07) is 9.61. The zero-order chi connectivity index (χ0) is 22.2. The molecule has 2 aromatic carbocycles. The molecule has 0 unspecified atom stereocenters. The monoisotopic (exact) mass is 456 g/mol. The van der Waals surface area contributed by atoms with E-state index in [0.29, 0.717) is 29.5 Å². The number of carbonyl (C=O) groups is 1. The number of hydrogen-bond donors (Lipinski definition) is 0. The van der Waals surface area contributed by atoms with Crippen molar-refractivity contribution in [2.45, 2.75) is 30.5 Å². The number of sulfone groups is 1. The van der Waals surface area contributed by atoms with Crippen molar-refractivity contribution in [1.82, 2.24) is 4.57 Å². The fourth-order valence-corrected chi connectivity index (χ4v) is 5.31. The number of nitrogens with zero attached hydrogens (tertiary/aromatic N) is 2. The molecule has 1 aromatic heterocycles. The lowest BCUT2D eigenvalue weighted by atomic mass is 10.2. The summed E-state index contributed by atoms with van der Waals surface area (Å²) in [6.45, 7) is 4.35. The minimum Gasteiger partial charge on any atom is -0.486 e. The topological polar surface area (TPSA) is 87.0 Å². The average Bonchev–Trinajstić information content (AvgIpc) is 3.08. The summed E-state index contributed by atoms with van der Waals surface area (Å²) in [5, 5.41) is -0.592. The van der Waals surface area contributed by atoms with E-state index in [1.165, 1.54) is 23.5 Å². The largest absolute Gasteiger partial charge is 0.486 e. The molecule has 3 aromatic rings. The summed E-state index contributed by atoms with van der Waals surface area (Å²) in [6.07, 6.45) is 5.54. The predicted octanol–water partition coefficient (Wildman–Crippen LogP) is 3.03. The van der Waals surface area contributed by atoms with E-state index in [0.717, 1.165) is 10.2 Å². The molecular formula is C22H20N2O5S2. The summed E-state index contributed by atoms with van der Waals surface area (Å²) in [5.74, 6) is 3.29. The van der Waals surface area contributed by atoms with Crippen LogP contribution in [0.5, 0.6) is 11.5 Å². The van der Waals surface area contributed by atoms with Crippen LogP contribution >= 0.6 is 11.3 Å². The van der Waals surface area contributed by atoms with Crippen molar-refractivity contribution in [3.63, 3.8) is 0 Å². The van der Waals surface area contributed by atoms with Crippen molar-refractivity contribution in [3.05, 3.63) is 46.8 Å². The van der Waals surface area contributed by atoms with Crippen LogP contribution in [0.3, 0.4) is 0 Å². The quantitative estimate of drug-likeness (QED) is 0.563. The van der Waals surface area contributed by atoms with Gasteiger partial charge in [0, 0.05) is 17.7 Å². The first-order valence-corrected chi connectivity index (χ1v) is 12.0. The molecule has 0 aliphatic carbocycles. The van der Waals surface area contributed by atoms with E-state index < -0.39 is 21.0 Å². The summed E-state index contributed by atoms with van der Waals surface area (Å²) >= 11 is 1.30. The molecule has 31 heavy (non-hydrogen) atoms. The SMILES string of the molecule is C#CCn1c(=NC(=O)c2cccc(S(=O)(=O)C(C)C)c2)sc2cc3c(cc21)OCCO3. The molecular weight excluding hydrogens is 436 g/mol. The molecule has 0 atom stereocenters. The van der Waals surface area contributed by atoms with Gasteiger partial charge in [0.2, 0.25) is 0 Å². The van der Waals surface area contributed by atoms with Gasteiger partial charge >= 0.3 is 0 Å². The number of thiazole rings is 1. The second kappa shape index (κ2) is 8.21. The standard InChI is InChI=1S/C22H20N2O5S2/c1-4-8-24-17-12-18-19(29-10-9-28-18)13-20(17)30-22(24)23-21(25)15-6-5-7-16(11-15)31(26,27)14(2)3/h1,5-7,11-14H,8-10H2,2-3H3. The van der Waals surface area contributed by atoms with E-state index in [-0.39, 0.29) is 17.0 Å². The van der Waals surface area contributed by atoms with Crippen LogP contribution in [0, 0.1) is 12.3 Å². The van der Waals surface area contributed by atoms with Gasteiger partial charge < -0.3 is 14.0 Å². The van der Waals surface area contributed by atoms with Crippen LogP contribution < -0.4 is 14.3 Å². The lowest BCUT2D eigenvalue weighted by Gasteiger charge is -2.18. The molecule has 4 rings (SSSR count). The van der Waals surface area contributed by atoms with Crippen molar-refractivity contribution in [1.29, 1.82) is 0 Å². The lowest BCUT2D eigenvalue weighted by Crippen LogP contribution is -2.18. The molecule has 0 N–H and O–H groups in total. The normalized spacial score (nSPS) is 14.1. The maximum absolute atomic E-state index is 12.9. The Balaban J connectivity index is 1.81. The highest BCUT2D eigenvalue weighted by atomic mass is 32.2. The van der Waals surface area contributed by atoms with E-state index in [4.69, 9.17) is 15.9 Å². The van der Waals surface area contributed by atoms with Gasteiger partial charge in [0.1, 0.15) is 13.2 Å². The molecule has 1 amide bonds. The molecule has 7 nitrogen and oxygen atoms in total. The second-order valence-electron chi connectivity index (χ2n) is 7.18. The van der Waals surface area contributed by atoms with Crippen LogP contribution in [-0.4, -0.2) is 37.4 Å². The molecule has 0 radical (unpaired) electrons. The molecule has 0 fully saturated rings. The van der Waals surface area contributed by atoms with Crippen LogP contribution in [0.2, 0.25) is 0 Å². The fourth-order valence-electron chi connectivity index (χ4n) is 3.17. The number of hydrogen-bond acceptors (Lipinski definition) is 6. The molecule has 0 saturated heterocycles. The average molecular weight is 457 g/mol. The molecule has 0 spiro atoms. The smallest absolute Gasteiger partial charge is 0.279 e. The first-order chi connectivity index (χ1) is 14.8. The van der Waals surface area contributed by atoms with Gasteiger partial charge in [0.15, 0.2) is 26.1 Å². The van der Waals surface area contributed by atoms with Gasteiger partial charge in [0.25, 0.3) is 5.91 Å². The van der Waals surface area contributed by atoms with Gasteiger partial charge in [-0.1, -0.05) is 23.3 Å². The van der Waals surface area contributed by atoms with Gasteiger partial charge in [-0.25, -0.2) is 8.42 Å². The van der Waals surface area contributed by atoms with Crippen LogP contribution in [0.1, 0.15) is 24.2 Å². The Kier molecular flexibility index (Phi) is 5.60. The first-order valence-electron chi connectivity index (χ1n) is 9.60. The summed E-state index contributed by atoms with van der Waals surface area (Å²) in [7, 11) is -3.50. The van der Waals surface area contributed by atoms with Crippen LogP contribution in [0.15, 0.2) is 46.3 Å². The van der Waals surface area contributed by atoms with E-state index in [2.05, 4.69) is 10.9 Å². The van der Waals surface area contributed by atoms with Crippen LogP contribution in [0.4, 0.5) is 0 Å². The molecule has 160 valence electrons. The van der Waals surface area contributed by atoms with Gasteiger partial charge in [-0.15, -0.1) is 6.42 Å². The Labute approximate surface area is 183 Å². The second-order valence-corrected chi connectivity index (χ2v) is 10.7. The third-order valence-corrected chi connectivity index (χ3v) is 8.02. The highest BCUT2D eigenvalue weighted by molar-refractivity contribution is 7.92. The first kappa shape index (κ1) is 21.2. The zero-order valence-electron chi connectivity index (χ0n) is 17.0. The number of amides is 1. The number of terminal acetylenes is 1. The number of aromatic nitrogens is 1. The fraction of sp³-hybridized carbons (Fsp3) is 0.273. The van der Waals surface area contributed by atoms with E-state index in [1.54, 1.807) is 30.5 Å². The Morgan fingerprint density at radius 1 is 1.23 bits per heavy atom. The van der Waals surface area contributed by atoms with Gasteiger partial charge in [0.05, 0.1) is 26.9 Å². The van der Waals surface area contributed by atoms with Gasteiger partial charge in [-0.3, -0.25) is 4.79 Å². The molecule has 2 heterocycles. The van der Waals surface area contributed by atoms with Crippen molar-refractivity contribution >= 4 is 37.3 Å². The summed E-state index contributed by atoms with van der Waals surface area (Å²) in [5.41, 5.74) is 0.979. The van der Waals surface area contributed by atoms with E-state index in [9.17, 15) is 13.2 Å². The molecule has 1 aliphatic heterocycles. The summed E-state index contributed by atoms with van der Waals surface area (Å²) < 4.78 is 38.8. The minimum absolute atomic E-state index is 0.0957. The zero-order valence-corrected chi connectivity index (χ0v) is 18.6. The number of benzene rings is 2. The maximum Gasteiger partial charge on any atom is 0.279 e. The van der Waals surface area contributed by atoms with Crippen LogP contribution in [-0.2, 0) is 16.4 Å². The third kappa shape index (κ3) is 3.96. The van der Waals surface area contributed by atoms with Gasteiger partial charge in [-0.2, -0.15) is 4.99 Å². The lowest BCUT2D eigenvalue weighted by molar-refractivity contribution is 0.0997. The number of ether oxygens (including phenoxy) is 2. The molecule has 0 saturated carbocycles. The Morgan fingerprint density at radius 3 is 2.61 bits per heavy atom. The van der Waals surface area contributed by atoms with E-state index >= 15 is 0 Å². The summed E-state index contributed by atoms with van der Waals surface area (Å²) in [4.78, 5) is 17.6. The van der Waals surface area contributed by atoms with Crippen molar-refractivity contribution in [3.8, 4) is 23.8 Å². The highest BCUT2D eigenvalue weighted by Crippen LogP contribution is 2.35. The molecule has 1 aliphatic rings. The van der Waals surface area contributed by atoms with Crippen LogP contribution in [0.25, 0.3) is 10.2 Å².